The number of amides is 1. The van der Waals surface area contributed by atoms with Crippen molar-refractivity contribution in [2.75, 3.05) is 7.11 Å². The molecule has 1 N–H and O–H groups in total. The maximum absolute atomic E-state index is 12.4. The first-order valence-electron chi connectivity index (χ1n) is 7.75. The predicted octanol–water partition coefficient (Wildman–Crippen LogP) is 3.45. The van der Waals surface area contributed by atoms with Crippen molar-refractivity contribution in [1.29, 1.82) is 0 Å². The van der Waals surface area contributed by atoms with Gasteiger partial charge in [-0.05, 0) is 25.0 Å². The van der Waals surface area contributed by atoms with E-state index in [0.29, 0.717) is 5.75 Å². The summed E-state index contributed by atoms with van der Waals surface area (Å²) in [4.78, 5) is 23.0. The fourth-order valence-electron chi connectivity index (χ4n) is 2.85. The maximum atomic E-state index is 12.4. The van der Waals surface area contributed by atoms with Crippen LogP contribution in [0, 0.1) is 10.1 Å². The molecule has 1 amide bonds. The van der Waals surface area contributed by atoms with Gasteiger partial charge in [-0.25, -0.2) is 0 Å². The van der Waals surface area contributed by atoms with Gasteiger partial charge in [0, 0.05) is 12.1 Å². The van der Waals surface area contributed by atoms with Crippen LogP contribution in [0.4, 0.5) is 5.69 Å². The molecule has 0 spiro atoms. The van der Waals surface area contributed by atoms with Crippen molar-refractivity contribution in [2.45, 2.75) is 51.0 Å². The van der Waals surface area contributed by atoms with Crippen molar-refractivity contribution >= 4 is 11.6 Å². The summed E-state index contributed by atoms with van der Waals surface area (Å²) in [6, 6.07) is 4.33. The van der Waals surface area contributed by atoms with Crippen LogP contribution in [0.2, 0.25) is 0 Å². The van der Waals surface area contributed by atoms with Gasteiger partial charge in [0.2, 0.25) is 0 Å². The summed E-state index contributed by atoms with van der Waals surface area (Å²) in [5.74, 6) is 0.0459. The molecule has 2 rings (SSSR count). The molecule has 0 saturated heterocycles. The minimum Gasteiger partial charge on any atom is -0.497 e. The number of hydrogen-bond acceptors (Lipinski definition) is 4. The molecule has 0 atom stereocenters. The van der Waals surface area contributed by atoms with E-state index in [9.17, 15) is 14.9 Å². The van der Waals surface area contributed by atoms with Gasteiger partial charge in [-0.2, -0.15) is 0 Å². The molecule has 0 bridgehead atoms. The second kappa shape index (κ2) is 7.77. The van der Waals surface area contributed by atoms with Crippen LogP contribution in [0.15, 0.2) is 18.2 Å². The van der Waals surface area contributed by atoms with Crippen LogP contribution in [-0.4, -0.2) is 24.0 Å². The number of carbonyl (C=O) groups is 1. The van der Waals surface area contributed by atoms with Gasteiger partial charge in [-0.1, -0.05) is 32.1 Å². The lowest BCUT2D eigenvalue weighted by atomic mass is 9.96. The first-order chi connectivity index (χ1) is 10.6. The Kier molecular flexibility index (Phi) is 5.75. The van der Waals surface area contributed by atoms with Gasteiger partial charge in [-0.15, -0.1) is 0 Å². The molecule has 1 aromatic rings. The summed E-state index contributed by atoms with van der Waals surface area (Å²) in [5, 5.41) is 14.1. The maximum Gasteiger partial charge on any atom is 0.282 e. The Morgan fingerprint density at radius 2 is 1.86 bits per heavy atom. The highest BCUT2D eigenvalue weighted by Crippen LogP contribution is 2.25. The molecule has 0 unspecified atom stereocenters. The molecule has 1 fully saturated rings. The molecule has 1 aliphatic carbocycles. The molecule has 0 radical (unpaired) electrons. The number of hydrogen-bond donors (Lipinski definition) is 1. The van der Waals surface area contributed by atoms with E-state index >= 15 is 0 Å². The molecular formula is C16H22N2O4. The van der Waals surface area contributed by atoms with Crippen LogP contribution in [-0.2, 0) is 0 Å². The van der Waals surface area contributed by atoms with Crippen LogP contribution < -0.4 is 10.1 Å². The lowest BCUT2D eigenvalue weighted by Crippen LogP contribution is -2.35. The number of ether oxygens (including phenoxy) is 1. The normalized spacial score (nSPS) is 16.4. The largest absolute Gasteiger partial charge is 0.497 e. The average Bonchev–Trinajstić information content (AvgIpc) is 2.48. The Bertz CT molecular complexity index is 537. The van der Waals surface area contributed by atoms with Crippen molar-refractivity contribution < 1.29 is 14.5 Å². The summed E-state index contributed by atoms with van der Waals surface area (Å²) >= 11 is 0. The van der Waals surface area contributed by atoms with Gasteiger partial charge in [0.15, 0.2) is 0 Å². The van der Waals surface area contributed by atoms with Gasteiger partial charge in [0.05, 0.1) is 12.0 Å². The van der Waals surface area contributed by atoms with Crippen LogP contribution in [0.5, 0.6) is 5.75 Å². The lowest BCUT2D eigenvalue weighted by molar-refractivity contribution is -0.385. The third-order valence-corrected chi connectivity index (χ3v) is 4.09. The monoisotopic (exact) mass is 306 g/mol. The summed E-state index contributed by atoms with van der Waals surface area (Å²) in [5.41, 5.74) is -0.129. The van der Waals surface area contributed by atoms with E-state index in [0.717, 1.165) is 25.7 Å². The Balaban J connectivity index is 2.14. The molecule has 6 heteroatoms. The van der Waals surface area contributed by atoms with Gasteiger partial charge in [0.25, 0.3) is 11.6 Å². The smallest absolute Gasteiger partial charge is 0.282 e. The zero-order chi connectivity index (χ0) is 15.9. The number of rotatable bonds is 4. The fraction of sp³-hybridized carbons (Fsp3) is 0.562. The van der Waals surface area contributed by atoms with Crippen LogP contribution in [0.25, 0.3) is 0 Å². The standard InChI is InChI=1S/C16H22N2O4/c1-22-13-9-10-15(18(20)21)14(11-13)16(19)17-12-7-5-3-2-4-6-8-12/h9-12H,2-8H2,1H3,(H,17,19). The van der Waals surface area contributed by atoms with Crippen LogP contribution in [0.1, 0.15) is 55.3 Å². The molecule has 1 aromatic carbocycles. The quantitative estimate of drug-likeness (QED) is 0.682. The number of carbonyl (C=O) groups excluding carboxylic acids is 1. The molecule has 6 nitrogen and oxygen atoms in total. The number of nitrogens with one attached hydrogen (secondary N) is 1. The summed E-state index contributed by atoms with van der Waals surface area (Å²) in [6.45, 7) is 0. The fourth-order valence-corrected chi connectivity index (χ4v) is 2.85. The molecule has 0 aliphatic heterocycles. The molecule has 120 valence electrons. The predicted molar refractivity (Wildman–Crippen MR) is 83.2 cm³/mol. The zero-order valence-electron chi connectivity index (χ0n) is 12.8. The van der Waals surface area contributed by atoms with Crippen LogP contribution >= 0.6 is 0 Å². The number of benzene rings is 1. The minimum atomic E-state index is -0.535. The van der Waals surface area contributed by atoms with Gasteiger partial charge >= 0.3 is 0 Å². The Morgan fingerprint density at radius 1 is 1.23 bits per heavy atom. The van der Waals surface area contributed by atoms with Crippen molar-refractivity contribution in [3.05, 3.63) is 33.9 Å². The first kappa shape index (κ1) is 16.3. The van der Waals surface area contributed by atoms with E-state index in [1.165, 1.54) is 44.6 Å². The molecule has 1 saturated carbocycles. The summed E-state index contributed by atoms with van der Waals surface area (Å²) < 4.78 is 5.06. The highest BCUT2D eigenvalue weighted by molar-refractivity contribution is 5.98. The zero-order valence-corrected chi connectivity index (χ0v) is 12.8. The van der Waals surface area contributed by atoms with E-state index in [2.05, 4.69) is 5.32 Å². The Hall–Kier alpha value is -2.11. The molecule has 0 aromatic heterocycles. The second-order valence-electron chi connectivity index (χ2n) is 5.66. The second-order valence-corrected chi connectivity index (χ2v) is 5.66. The third-order valence-electron chi connectivity index (χ3n) is 4.09. The van der Waals surface area contributed by atoms with Crippen molar-refractivity contribution in [2.24, 2.45) is 0 Å². The van der Waals surface area contributed by atoms with Crippen LogP contribution in [0.3, 0.4) is 0 Å². The Morgan fingerprint density at radius 3 is 2.45 bits per heavy atom. The van der Waals surface area contributed by atoms with E-state index in [-0.39, 0.29) is 17.3 Å². The molecule has 22 heavy (non-hydrogen) atoms. The lowest BCUT2D eigenvalue weighted by Gasteiger charge is -2.21. The van der Waals surface area contributed by atoms with Crippen molar-refractivity contribution in [1.82, 2.24) is 5.32 Å². The molecular weight excluding hydrogens is 284 g/mol. The van der Waals surface area contributed by atoms with E-state index in [1.54, 1.807) is 0 Å². The average molecular weight is 306 g/mol. The number of nitrogens with zero attached hydrogens (tertiary/aromatic N) is 1. The van der Waals surface area contributed by atoms with Gasteiger partial charge < -0.3 is 10.1 Å². The van der Waals surface area contributed by atoms with Crippen molar-refractivity contribution in [3.8, 4) is 5.75 Å². The SMILES string of the molecule is COc1ccc([N+](=O)[O-])c(C(=O)NC2CCCCCCC2)c1. The number of methoxy groups -OCH3 is 1. The van der Waals surface area contributed by atoms with E-state index < -0.39 is 10.8 Å². The highest BCUT2D eigenvalue weighted by atomic mass is 16.6. The first-order valence-corrected chi connectivity index (χ1v) is 7.75. The third kappa shape index (κ3) is 4.19. The van der Waals surface area contributed by atoms with Gasteiger partial charge in [-0.3, -0.25) is 14.9 Å². The van der Waals surface area contributed by atoms with Gasteiger partial charge in [0.1, 0.15) is 11.3 Å². The Labute approximate surface area is 130 Å². The summed E-state index contributed by atoms with van der Waals surface area (Å²) in [6.07, 6.45) is 7.67. The topological polar surface area (TPSA) is 81.5 Å². The summed E-state index contributed by atoms with van der Waals surface area (Å²) in [7, 11) is 1.47. The van der Waals surface area contributed by atoms with E-state index in [4.69, 9.17) is 4.74 Å². The molecule has 0 heterocycles. The minimum absolute atomic E-state index is 0.0615. The molecule has 1 aliphatic rings. The van der Waals surface area contributed by atoms with Crippen molar-refractivity contribution in [3.63, 3.8) is 0 Å². The number of nitro groups is 1. The highest BCUT2D eigenvalue weighted by Gasteiger charge is 2.23. The number of nitro benzene ring substituents is 1. The van der Waals surface area contributed by atoms with E-state index in [1.807, 2.05) is 0 Å².